The predicted molar refractivity (Wildman–Crippen MR) is 80.3 cm³/mol. The molecule has 0 spiro atoms. The number of rotatable bonds is 6. The van der Waals surface area contributed by atoms with Crippen molar-refractivity contribution in [1.82, 2.24) is 5.32 Å². The number of benzene rings is 2. The lowest BCUT2D eigenvalue weighted by molar-refractivity contribution is -0.137. The van der Waals surface area contributed by atoms with Crippen LogP contribution in [0.5, 0.6) is 0 Å². The van der Waals surface area contributed by atoms with Gasteiger partial charge < -0.3 is 5.32 Å². The Balaban J connectivity index is 2.44. The summed E-state index contributed by atoms with van der Waals surface area (Å²) >= 11 is 1.06. The average Bonchev–Trinajstić information content (AvgIpc) is 2.53. The number of halogens is 3. The molecule has 2 aromatic carbocycles. The number of alkyl halides is 3. The number of hydrogen-bond acceptors (Lipinski definition) is 3. The van der Waals surface area contributed by atoms with E-state index in [1.165, 1.54) is 6.07 Å². The third-order valence-electron chi connectivity index (χ3n) is 3.04. The number of carbonyl (C=O) groups is 2. The molecule has 7 heteroatoms. The van der Waals surface area contributed by atoms with Crippen LogP contribution in [0.3, 0.4) is 0 Å². The third-order valence-corrected chi connectivity index (χ3v) is 4.23. The van der Waals surface area contributed by atoms with Crippen molar-refractivity contribution in [3.63, 3.8) is 0 Å². The molecule has 0 unspecified atom stereocenters. The molecule has 0 saturated carbocycles. The zero-order valence-electron chi connectivity index (χ0n) is 11.8. The van der Waals surface area contributed by atoms with Gasteiger partial charge in [0.25, 0.3) is 0 Å². The largest absolute Gasteiger partial charge is 0.416 e. The Morgan fingerprint density at radius 2 is 1.78 bits per heavy atom. The minimum absolute atomic E-state index is 0.104. The van der Waals surface area contributed by atoms with Gasteiger partial charge in [0.15, 0.2) is 6.29 Å². The van der Waals surface area contributed by atoms with Crippen LogP contribution in [0, 0.1) is 0 Å². The molecular weight excluding hydrogens is 327 g/mol. The lowest BCUT2D eigenvalue weighted by atomic mass is 10.1. The van der Waals surface area contributed by atoms with Crippen molar-refractivity contribution in [3.8, 4) is 0 Å². The van der Waals surface area contributed by atoms with Crippen molar-refractivity contribution >= 4 is 24.5 Å². The zero-order chi connectivity index (χ0) is 16.9. The minimum Gasteiger partial charge on any atom is -0.355 e. The first-order chi connectivity index (χ1) is 11.0. The molecule has 0 aromatic heterocycles. The Kier molecular flexibility index (Phi) is 5.44. The summed E-state index contributed by atoms with van der Waals surface area (Å²) in [6.07, 6.45) is -3.33. The van der Waals surface area contributed by atoms with E-state index in [0.29, 0.717) is 33.6 Å². The Morgan fingerprint density at radius 1 is 1.04 bits per heavy atom. The van der Waals surface area contributed by atoms with Gasteiger partial charge in [-0.2, -0.15) is 13.2 Å². The molecule has 0 fully saturated rings. The minimum atomic E-state index is -4.46. The van der Waals surface area contributed by atoms with Crippen LogP contribution in [0.1, 0.15) is 21.5 Å². The molecule has 1 amide bonds. The van der Waals surface area contributed by atoms with Crippen molar-refractivity contribution < 1.29 is 22.8 Å². The standard InChI is InChI=1S/C16H12F3NO2S/c17-16(18,19)13-6-5-11(8-20-10-22)15(7-13)23-14-4-2-1-3-12(14)9-21/h1-7,9-10H,8H2,(H,20,22). The molecule has 1 N–H and O–H groups in total. The van der Waals surface area contributed by atoms with Gasteiger partial charge in [0.1, 0.15) is 0 Å². The lowest BCUT2D eigenvalue weighted by Crippen LogP contribution is -2.12. The normalized spacial score (nSPS) is 11.1. The van der Waals surface area contributed by atoms with E-state index in [4.69, 9.17) is 0 Å². The summed E-state index contributed by atoms with van der Waals surface area (Å²) in [5.74, 6) is 0. The second-order valence-corrected chi connectivity index (χ2v) is 5.66. The highest BCUT2D eigenvalue weighted by molar-refractivity contribution is 7.99. The highest BCUT2D eigenvalue weighted by Crippen LogP contribution is 2.37. The molecule has 2 aromatic rings. The maximum atomic E-state index is 12.9. The van der Waals surface area contributed by atoms with Crippen LogP contribution >= 0.6 is 11.8 Å². The first-order valence-electron chi connectivity index (χ1n) is 6.55. The fourth-order valence-electron chi connectivity index (χ4n) is 1.91. The summed E-state index contributed by atoms with van der Waals surface area (Å²) in [6, 6.07) is 9.94. The van der Waals surface area contributed by atoms with Gasteiger partial charge in [0, 0.05) is 21.9 Å². The van der Waals surface area contributed by atoms with Crippen LogP contribution in [0.25, 0.3) is 0 Å². The van der Waals surface area contributed by atoms with Gasteiger partial charge in [0.05, 0.1) is 5.56 Å². The van der Waals surface area contributed by atoms with Crippen LogP contribution < -0.4 is 5.32 Å². The molecule has 0 aliphatic heterocycles. The van der Waals surface area contributed by atoms with Crippen LogP contribution in [-0.2, 0) is 17.5 Å². The van der Waals surface area contributed by atoms with Gasteiger partial charge in [0.2, 0.25) is 6.41 Å². The molecule has 0 saturated heterocycles. The lowest BCUT2D eigenvalue weighted by Gasteiger charge is -2.14. The maximum absolute atomic E-state index is 12.9. The van der Waals surface area contributed by atoms with Crippen molar-refractivity contribution in [2.24, 2.45) is 0 Å². The van der Waals surface area contributed by atoms with Gasteiger partial charge in [-0.15, -0.1) is 0 Å². The number of hydrogen-bond donors (Lipinski definition) is 1. The second kappa shape index (κ2) is 7.32. The first kappa shape index (κ1) is 17.1. The number of amides is 1. The molecular formula is C16H12F3NO2S. The fourth-order valence-corrected chi connectivity index (χ4v) is 2.99. The van der Waals surface area contributed by atoms with E-state index in [2.05, 4.69) is 5.32 Å². The molecule has 3 nitrogen and oxygen atoms in total. The van der Waals surface area contributed by atoms with Crippen LogP contribution in [0.4, 0.5) is 13.2 Å². The van der Waals surface area contributed by atoms with Gasteiger partial charge in [-0.25, -0.2) is 0 Å². The summed E-state index contributed by atoms with van der Waals surface area (Å²) in [4.78, 5) is 22.4. The van der Waals surface area contributed by atoms with Gasteiger partial charge >= 0.3 is 6.18 Å². The summed E-state index contributed by atoms with van der Waals surface area (Å²) in [7, 11) is 0. The van der Waals surface area contributed by atoms with Gasteiger partial charge in [-0.05, 0) is 23.8 Å². The van der Waals surface area contributed by atoms with Gasteiger partial charge in [-0.1, -0.05) is 36.0 Å². The van der Waals surface area contributed by atoms with E-state index in [1.807, 2.05) is 0 Å². The molecule has 0 atom stereocenters. The van der Waals surface area contributed by atoms with E-state index < -0.39 is 11.7 Å². The monoisotopic (exact) mass is 339 g/mol. The topological polar surface area (TPSA) is 46.2 Å². The molecule has 0 heterocycles. The van der Waals surface area contributed by atoms with Crippen LogP contribution in [0.2, 0.25) is 0 Å². The smallest absolute Gasteiger partial charge is 0.355 e. The van der Waals surface area contributed by atoms with E-state index in [-0.39, 0.29) is 6.54 Å². The van der Waals surface area contributed by atoms with Crippen molar-refractivity contribution in [2.75, 3.05) is 0 Å². The first-order valence-corrected chi connectivity index (χ1v) is 7.36. The molecule has 23 heavy (non-hydrogen) atoms. The van der Waals surface area contributed by atoms with E-state index in [9.17, 15) is 22.8 Å². The molecule has 0 radical (unpaired) electrons. The Morgan fingerprint density at radius 3 is 2.43 bits per heavy atom. The summed E-state index contributed by atoms with van der Waals surface area (Å²) in [6.45, 7) is 0.104. The highest BCUT2D eigenvalue weighted by atomic mass is 32.2. The van der Waals surface area contributed by atoms with Crippen LogP contribution in [-0.4, -0.2) is 12.7 Å². The van der Waals surface area contributed by atoms with E-state index in [1.54, 1.807) is 24.3 Å². The Hall–Kier alpha value is -2.28. The van der Waals surface area contributed by atoms with Crippen molar-refractivity contribution in [1.29, 1.82) is 0 Å². The second-order valence-electron chi connectivity index (χ2n) is 4.58. The Bertz CT molecular complexity index is 717. The molecule has 0 aliphatic carbocycles. The maximum Gasteiger partial charge on any atom is 0.416 e. The fraction of sp³-hybridized carbons (Fsp3) is 0.125. The average molecular weight is 339 g/mol. The summed E-state index contributed by atoms with van der Waals surface area (Å²) < 4.78 is 38.7. The number of aldehydes is 1. The van der Waals surface area contributed by atoms with E-state index >= 15 is 0 Å². The SMILES string of the molecule is O=CNCc1ccc(C(F)(F)F)cc1Sc1ccccc1C=O. The van der Waals surface area contributed by atoms with E-state index in [0.717, 1.165) is 23.9 Å². The quantitative estimate of drug-likeness (QED) is 0.812. The van der Waals surface area contributed by atoms with Gasteiger partial charge in [-0.3, -0.25) is 9.59 Å². The molecule has 0 aliphatic rings. The predicted octanol–water partition coefficient (Wildman–Crippen LogP) is 3.92. The third kappa shape index (κ3) is 4.35. The van der Waals surface area contributed by atoms with Crippen LogP contribution in [0.15, 0.2) is 52.3 Å². The summed E-state index contributed by atoms with van der Waals surface area (Å²) in [5.41, 5.74) is 0.151. The molecule has 0 bridgehead atoms. The molecule has 120 valence electrons. The summed E-state index contributed by atoms with van der Waals surface area (Å²) in [5, 5.41) is 2.43. The molecule has 2 rings (SSSR count). The van der Waals surface area contributed by atoms with Crippen molar-refractivity contribution in [2.45, 2.75) is 22.5 Å². The van der Waals surface area contributed by atoms with Crippen molar-refractivity contribution in [3.05, 3.63) is 59.2 Å². The number of nitrogens with one attached hydrogen (secondary N) is 1. The highest BCUT2D eigenvalue weighted by Gasteiger charge is 2.31. The number of carbonyl (C=O) groups excluding carboxylic acids is 2. The zero-order valence-corrected chi connectivity index (χ0v) is 12.6. The Labute approximate surface area is 134 Å².